The molecule has 7 nitrogen and oxygen atoms in total. The lowest BCUT2D eigenvalue weighted by Gasteiger charge is -2.25. The Morgan fingerprint density at radius 1 is 0.818 bits per heavy atom. The van der Waals surface area contributed by atoms with Gasteiger partial charge in [-0.05, 0) is 48.9 Å². The second-order valence-corrected chi connectivity index (χ2v) is 12.3. The summed E-state index contributed by atoms with van der Waals surface area (Å²) in [6, 6.07) is 20.9. The van der Waals surface area contributed by atoms with Gasteiger partial charge in [-0.15, -0.1) is 0 Å². The molecule has 0 unspecified atom stereocenters. The van der Waals surface area contributed by atoms with Crippen LogP contribution in [0.2, 0.25) is 0 Å². The normalized spacial score (nSPS) is 11.8. The molecule has 0 aliphatic carbocycles. The van der Waals surface area contributed by atoms with E-state index < -0.39 is 45.6 Å². The van der Waals surface area contributed by atoms with Crippen molar-refractivity contribution in [2.24, 2.45) is 0 Å². The van der Waals surface area contributed by atoms with Crippen LogP contribution >= 0.6 is 7.49 Å². The largest absolute Gasteiger partial charge is 0.478 e. The highest BCUT2D eigenvalue weighted by Gasteiger charge is 2.50. The first-order valence-corrected chi connectivity index (χ1v) is 13.6. The highest BCUT2D eigenvalue weighted by Crippen LogP contribution is 2.60. The summed E-state index contributed by atoms with van der Waals surface area (Å²) >= 11 is 0. The van der Waals surface area contributed by atoms with E-state index in [-0.39, 0.29) is 0 Å². The Balaban J connectivity index is 2.23. The molecule has 0 fully saturated rings. The number of carboxylic acids is 2. The fourth-order valence-electron chi connectivity index (χ4n) is 3.45. The van der Waals surface area contributed by atoms with Gasteiger partial charge in [0, 0.05) is 0 Å². The van der Waals surface area contributed by atoms with Crippen LogP contribution in [0.15, 0.2) is 83.8 Å². The first-order chi connectivity index (χ1) is 15.7. The van der Waals surface area contributed by atoms with E-state index in [1.807, 2.05) is 67.6 Å². The lowest BCUT2D eigenvalue weighted by molar-refractivity contribution is 0.0696. The van der Waals surface area contributed by atoms with Crippen molar-refractivity contribution < 1.29 is 32.2 Å². The first kappa shape index (κ1) is 24.6. The van der Waals surface area contributed by atoms with Gasteiger partial charge >= 0.3 is 22.1 Å². The van der Waals surface area contributed by atoms with Crippen LogP contribution in [0.5, 0.6) is 0 Å². The molecule has 3 aromatic rings. The molecule has 0 radical (unpaired) electrons. The minimum absolute atomic E-state index is 0.446. The van der Waals surface area contributed by atoms with Crippen LogP contribution in [-0.2, 0) is 14.1 Å². The fourth-order valence-corrected chi connectivity index (χ4v) is 9.55. The number of hydrogen-bond donors (Lipinski definition) is 2. The van der Waals surface area contributed by atoms with Crippen LogP contribution in [0.3, 0.4) is 0 Å². The molecule has 3 aromatic carbocycles. The van der Waals surface area contributed by atoms with Crippen LogP contribution < -0.4 is 10.6 Å². The van der Waals surface area contributed by atoms with Crippen molar-refractivity contribution in [3.8, 4) is 0 Å². The van der Waals surface area contributed by atoms with E-state index in [9.17, 15) is 28.2 Å². The number of aromatic carboxylic acids is 2. The minimum Gasteiger partial charge on any atom is -0.478 e. The third kappa shape index (κ3) is 5.47. The molecule has 0 aliphatic heterocycles. The summed E-state index contributed by atoms with van der Waals surface area (Å²) in [5.74, 6) is -2.87. The van der Waals surface area contributed by atoms with Gasteiger partial charge in [0.25, 0.3) is 0 Å². The Bertz CT molecular complexity index is 1170. The summed E-state index contributed by atoms with van der Waals surface area (Å²) in [6.45, 7) is 1.99. The SMILES string of the molecule is CCCC[P+](OS(=O)(=O)c1cc(C(=O)O)cc(C(=O)O)c1)(c1ccccc1)c1ccccc1. The van der Waals surface area contributed by atoms with Crippen molar-refractivity contribution in [1.82, 2.24) is 0 Å². The molecule has 33 heavy (non-hydrogen) atoms. The fraction of sp³-hybridized carbons (Fsp3) is 0.167. The third-order valence-electron chi connectivity index (χ3n) is 5.09. The van der Waals surface area contributed by atoms with E-state index in [0.717, 1.165) is 35.2 Å². The Hall–Kier alpha value is -3.06. The monoisotopic (exact) mass is 487 g/mol. The number of carboxylic acid groups (broad SMARTS) is 2. The Labute approximate surface area is 193 Å². The van der Waals surface area contributed by atoms with E-state index >= 15 is 0 Å². The second kappa shape index (κ2) is 10.3. The van der Waals surface area contributed by atoms with Crippen LogP contribution in [0, 0.1) is 0 Å². The van der Waals surface area contributed by atoms with Crippen LogP contribution in [0.4, 0.5) is 0 Å². The van der Waals surface area contributed by atoms with Crippen LogP contribution in [-0.4, -0.2) is 36.7 Å². The molecule has 0 amide bonds. The van der Waals surface area contributed by atoms with Crippen LogP contribution in [0.1, 0.15) is 40.5 Å². The minimum atomic E-state index is -4.53. The maximum Gasteiger partial charge on any atom is 0.335 e. The number of rotatable bonds is 10. The van der Waals surface area contributed by atoms with Crippen molar-refractivity contribution in [3.63, 3.8) is 0 Å². The summed E-state index contributed by atoms with van der Waals surface area (Å²) in [7, 11) is -7.50. The van der Waals surface area contributed by atoms with Gasteiger partial charge in [0.1, 0.15) is 10.6 Å². The molecule has 172 valence electrons. The predicted octanol–water partition coefficient (Wildman–Crippen LogP) is 4.17. The van der Waals surface area contributed by atoms with E-state index in [1.54, 1.807) is 0 Å². The van der Waals surface area contributed by atoms with E-state index in [2.05, 4.69) is 0 Å². The molecule has 3 rings (SSSR count). The molecule has 0 heterocycles. The first-order valence-electron chi connectivity index (χ1n) is 10.3. The molecule has 9 heteroatoms. The van der Waals surface area contributed by atoms with Crippen molar-refractivity contribution >= 4 is 40.2 Å². The summed E-state index contributed by atoms with van der Waals surface area (Å²) < 4.78 is 33.1. The van der Waals surface area contributed by atoms with Crippen molar-refractivity contribution in [1.29, 1.82) is 0 Å². The number of benzene rings is 3. The Morgan fingerprint density at radius 3 is 1.67 bits per heavy atom. The van der Waals surface area contributed by atoms with E-state index in [1.165, 1.54) is 0 Å². The van der Waals surface area contributed by atoms with Gasteiger partial charge in [0.2, 0.25) is 7.49 Å². The van der Waals surface area contributed by atoms with Gasteiger partial charge < -0.3 is 10.2 Å². The van der Waals surface area contributed by atoms with Crippen molar-refractivity contribution in [2.75, 3.05) is 6.16 Å². The van der Waals surface area contributed by atoms with Crippen LogP contribution in [0.25, 0.3) is 0 Å². The van der Waals surface area contributed by atoms with Gasteiger partial charge in [-0.2, -0.15) is 8.42 Å². The highest BCUT2D eigenvalue weighted by atomic mass is 32.2. The average molecular weight is 487 g/mol. The Kier molecular flexibility index (Phi) is 7.64. The van der Waals surface area contributed by atoms with Gasteiger partial charge in [-0.25, -0.2) is 9.59 Å². The molecular formula is C24H24O7PS+. The van der Waals surface area contributed by atoms with E-state index in [0.29, 0.717) is 12.6 Å². The third-order valence-corrected chi connectivity index (χ3v) is 10.9. The van der Waals surface area contributed by atoms with Gasteiger partial charge in [0.05, 0.1) is 22.2 Å². The summed E-state index contributed by atoms with van der Waals surface area (Å²) in [6.07, 6.45) is 1.95. The lowest BCUT2D eigenvalue weighted by Crippen LogP contribution is -2.29. The molecule has 2 N–H and O–H groups in total. The van der Waals surface area contributed by atoms with Gasteiger partial charge in [0.15, 0.2) is 0 Å². The Morgan fingerprint density at radius 2 is 1.27 bits per heavy atom. The van der Waals surface area contributed by atoms with Gasteiger partial charge in [-0.3, -0.25) is 0 Å². The second-order valence-electron chi connectivity index (χ2n) is 7.37. The molecule has 0 aliphatic rings. The van der Waals surface area contributed by atoms with Crippen molar-refractivity contribution in [3.05, 3.63) is 90.0 Å². The quantitative estimate of drug-likeness (QED) is 0.412. The van der Waals surface area contributed by atoms with E-state index in [4.69, 9.17) is 3.97 Å². The summed E-state index contributed by atoms with van der Waals surface area (Å²) in [5, 5.41) is 20.2. The molecular weight excluding hydrogens is 463 g/mol. The van der Waals surface area contributed by atoms with Crippen molar-refractivity contribution in [2.45, 2.75) is 24.7 Å². The standard InChI is InChI=1S/C24H23O7PS/c1-2-3-14-32(20-10-6-4-7-11-20,21-12-8-5-9-13-21)31-33(29,30)22-16-18(23(25)26)15-19(17-22)24(27)28/h4-13,15-17H,2-3,14H2,1H3,(H-,25,26,27,28)/p+1. The van der Waals surface area contributed by atoms with Gasteiger partial charge in [-0.1, -0.05) is 53.7 Å². The predicted molar refractivity (Wildman–Crippen MR) is 127 cm³/mol. The maximum absolute atomic E-state index is 13.5. The average Bonchev–Trinajstić information content (AvgIpc) is 2.82. The molecule has 0 atom stereocenters. The number of carbonyl (C=O) groups is 2. The zero-order valence-electron chi connectivity index (χ0n) is 17.9. The smallest absolute Gasteiger partial charge is 0.335 e. The number of unbranched alkanes of at least 4 members (excludes halogenated alkanes) is 1. The molecule has 0 aromatic heterocycles. The highest BCUT2D eigenvalue weighted by molar-refractivity contribution is 7.98. The zero-order valence-corrected chi connectivity index (χ0v) is 19.6. The molecule has 0 saturated heterocycles. The molecule has 0 bridgehead atoms. The summed E-state index contributed by atoms with van der Waals surface area (Å²) in [4.78, 5) is 22.5. The summed E-state index contributed by atoms with van der Waals surface area (Å²) in [5.41, 5.74) is -0.900. The molecule has 0 spiro atoms. The molecule has 0 saturated carbocycles. The zero-order chi connectivity index (χ0) is 24.1. The number of hydrogen-bond acceptors (Lipinski definition) is 5. The lowest BCUT2D eigenvalue weighted by atomic mass is 10.1. The maximum atomic E-state index is 13.5. The topological polar surface area (TPSA) is 118 Å².